The zero-order chi connectivity index (χ0) is 19.0. The fourth-order valence-corrected chi connectivity index (χ4v) is 3.60. The van der Waals surface area contributed by atoms with E-state index >= 15 is 0 Å². The van der Waals surface area contributed by atoms with Crippen molar-refractivity contribution in [2.75, 3.05) is 0 Å². The molecule has 1 aliphatic carbocycles. The predicted molar refractivity (Wildman–Crippen MR) is 97.4 cm³/mol. The number of ketones is 1. The Balaban J connectivity index is 1.54. The summed E-state index contributed by atoms with van der Waals surface area (Å²) in [6.45, 7) is 0. The van der Waals surface area contributed by atoms with Crippen molar-refractivity contribution in [3.05, 3.63) is 42.7 Å². The normalized spacial score (nSPS) is 17.3. The Morgan fingerprint density at radius 3 is 2.74 bits per heavy atom. The van der Waals surface area contributed by atoms with Gasteiger partial charge in [-0.2, -0.15) is 0 Å². The zero-order valence-electron chi connectivity index (χ0n) is 15.0. The monoisotopic (exact) mass is 370 g/mol. The number of fused-ring (bicyclic) bond motifs is 1. The molecule has 3 aromatic rings. The van der Waals surface area contributed by atoms with Crippen molar-refractivity contribution in [1.29, 1.82) is 0 Å². The van der Waals surface area contributed by atoms with Gasteiger partial charge in [0.05, 0.1) is 30.2 Å². The van der Waals surface area contributed by atoms with Crippen molar-refractivity contribution in [3.63, 3.8) is 0 Å². The molecule has 2 aromatic heterocycles. The number of hydrogen-bond acceptors (Lipinski definition) is 4. The van der Waals surface area contributed by atoms with E-state index in [1.54, 1.807) is 18.7 Å². The first-order valence-electron chi connectivity index (χ1n) is 9.04. The Bertz CT molecular complexity index is 989. The fourth-order valence-electron chi connectivity index (χ4n) is 3.60. The lowest BCUT2D eigenvalue weighted by atomic mass is 9.83. The standard InChI is InChI=1S/C20H20F2N4O/c1-26-12-23-11-17(26)14-2-3-15-10-24-19(25-16(15)8-14)9-18(27)13-4-6-20(21,22)7-5-13/h2-3,8,10-13H,4-7,9H2,1H3. The highest BCUT2D eigenvalue weighted by Crippen LogP contribution is 2.36. The predicted octanol–water partition coefficient (Wildman–Crippen LogP) is 3.97. The molecule has 0 radical (unpaired) electrons. The maximum absolute atomic E-state index is 13.3. The molecule has 1 fully saturated rings. The second-order valence-electron chi connectivity index (χ2n) is 7.22. The van der Waals surface area contributed by atoms with E-state index in [1.165, 1.54) is 0 Å². The molecule has 1 saturated carbocycles. The summed E-state index contributed by atoms with van der Waals surface area (Å²) < 4.78 is 28.5. The summed E-state index contributed by atoms with van der Waals surface area (Å²) in [6.07, 6.45) is 5.36. The van der Waals surface area contributed by atoms with Gasteiger partial charge in [0.15, 0.2) is 0 Å². The molecule has 0 saturated heterocycles. The summed E-state index contributed by atoms with van der Waals surface area (Å²) in [5.74, 6) is -2.55. The maximum atomic E-state index is 13.3. The molecule has 0 spiro atoms. The van der Waals surface area contributed by atoms with Crippen LogP contribution in [-0.4, -0.2) is 31.2 Å². The van der Waals surface area contributed by atoms with Crippen molar-refractivity contribution in [2.24, 2.45) is 13.0 Å². The second-order valence-corrected chi connectivity index (χ2v) is 7.22. The van der Waals surface area contributed by atoms with Gasteiger partial charge in [-0.05, 0) is 18.9 Å². The lowest BCUT2D eigenvalue weighted by Gasteiger charge is -2.27. The minimum absolute atomic E-state index is 0.0485. The van der Waals surface area contributed by atoms with Gasteiger partial charge in [-0.1, -0.05) is 12.1 Å². The Labute approximate surface area is 155 Å². The average molecular weight is 370 g/mol. The number of carbonyl (C=O) groups is 1. The minimum Gasteiger partial charge on any atom is -0.334 e. The molecule has 0 aliphatic heterocycles. The van der Waals surface area contributed by atoms with Crippen LogP contribution in [0.15, 0.2) is 36.9 Å². The van der Waals surface area contributed by atoms with Crippen LogP contribution in [0, 0.1) is 5.92 Å². The summed E-state index contributed by atoms with van der Waals surface area (Å²) in [6, 6.07) is 5.87. The molecule has 0 atom stereocenters. The number of Topliss-reactive ketones (excluding diaryl/α,β-unsaturated/α-hetero) is 1. The number of rotatable bonds is 4. The van der Waals surface area contributed by atoms with E-state index in [0.717, 1.165) is 22.2 Å². The van der Waals surface area contributed by atoms with Crippen LogP contribution in [0.3, 0.4) is 0 Å². The molecule has 5 nitrogen and oxygen atoms in total. The summed E-state index contributed by atoms with van der Waals surface area (Å²) >= 11 is 0. The number of hydrogen-bond donors (Lipinski definition) is 0. The third-order valence-electron chi connectivity index (χ3n) is 5.25. The Morgan fingerprint density at radius 1 is 1.26 bits per heavy atom. The molecular formula is C20H20F2N4O. The number of nitrogens with zero attached hydrogens (tertiary/aromatic N) is 4. The van der Waals surface area contributed by atoms with Gasteiger partial charge < -0.3 is 4.57 Å². The quantitative estimate of drug-likeness (QED) is 0.697. The molecule has 4 rings (SSSR count). The number of alkyl halides is 2. The number of aromatic nitrogens is 4. The van der Waals surface area contributed by atoms with Crippen LogP contribution in [0.4, 0.5) is 8.78 Å². The van der Waals surface area contributed by atoms with Crippen LogP contribution in [-0.2, 0) is 18.3 Å². The fraction of sp³-hybridized carbons (Fsp3) is 0.400. The van der Waals surface area contributed by atoms with Gasteiger partial charge in [-0.25, -0.2) is 23.7 Å². The molecule has 0 bridgehead atoms. The van der Waals surface area contributed by atoms with Crippen LogP contribution in [0.5, 0.6) is 0 Å². The van der Waals surface area contributed by atoms with E-state index in [9.17, 15) is 13.6 Å². The van der Waals surface area contributed by atoms with Crippen LogP contribution < -0.4 is 0 Å². The van der Waals surface area contributed by atoms with E-state index in [-0.39, 0.29) is 43.8 Å². The highest BCUT2D eigenvalue weighted by Gasteiger charge is 2.37. The largest absolute Gasteiger partial charge is 0.334 e. The molecule has 0 N–H and O–H groups in total. The summed E-state index contributed by atoms with van der Waals surface area (Å²) in [4.78, 5) is 25.4. The second kappa shape index (κ2) is 6.79. The maximum Gasteiger partial charge on any atom is 0.248 e. The molecular weight excluding hydrogens is 350 g/mol. The first kappa shape index (κ1) is 17.7. The lowest BCUT2D eigenvalue weighted by molar-refractivity contribution is -0.126. The van der Waals surface area contributed by atoms with Crippen molar-refractivity contribution < 1.29 is 13.6 Å². The molecule has 0 unspecified atom stereocenters. The Kier molecular flexibility index (Phi) is 4.45. The summed E-state index contributed by atoms with van der Waals surface area (Å²) in [7, 11) is 1.92. The van der Waals surface area contributed by atoms with Crippen molar-refractivity contribution in [3.8, 4) is 11.3 Å². The van der Waals surface area contributed by atoms with Crippen LogP contribution in [0.1, 0.15) is 31.5 Å². The number of aryl methyl sites for hydroxylation is 1. The van der Waals surface area contributed by atoms with E-state index in [1.807, 2.05) is 29.8 Å². The van der Waals surface area contributed by atoms with Crippen LogP contribution in [0.2, 0.25) is 0 Å². The smallest absolute Gasteiger partial charge is 0.248 e. The number of imidazole rings is 1. The topological polar surface area (TPSA) is 60.7 Å². The van der Waals surface area contributed by atoms with Crippen molar-refractivity contribution in [1.82, 2.24) is 19.5 Å². The van der Waals surface area contributed by atoms with Gasteiger partial charge >= 0.3 is 0 Å². The van der Waals surface area contributed by atoms with Gasteiger partial charge in [-0.3, -0.25) is 4.79 Å². The number of benzene rings is 1. The number of carbonyl (C=O) groups excluding carboxylic acids is 1. The molecule has 1 aromatic carbocycles. The summed E-state index contributed by atoms with van der Waals surface area (Å²) in [5.41, 5.74) is 2.70. The highest BCUT2D eigenvalue weighted by molar-refractivity contribution is 5.85. The lowest BCUT2D eigenvalue weighted by Crippen LogP contribution is -2.29. The van der Waals surface area contributed by atoms with E-state index in [4.69, 9.17) is 0 Å². The van der Waals surface area contributed by atoms with E-state index in [2.05, 4.69) is 15.0 Å². The van der Waals surface area contributed by atoms with Gasteiger partial charge in [0.1, 0.15) is 11.6 Å². The third kappa shape index (κ3) is 3.72. The highest BCUT2D eigenvalue weighted by atomic mass is 19.3. The third-order valence-corrected chi connectivity index (χ3v) is 5.25. The van der Waals surface area contributed by atoms with Crippen molar-refractivity contribution in [2.45, 2.75) is 38.0 Å². The zero-order valence-corrected chi connectivity index (χ0v) is 15.0. The first-order valence-corrected chi connectivity index (χ1v) is 9.04. The van der Waals surface area contributed by atoms with Gasteiger partial charge in [0.2, 0.25) is 5.92 Å². The molecule has 0 amide bonds. The Hall–Kier alpha value is -2.70. The molecule has 7 heteroatoms. The molecule has 27 heavy (non-hydrogen) atoms. The van der Waals surface area contributed by atoms with Crippen molar-refractivity contribution >= 4 is 16.7 Å². The molecule has 140 valence electrons. The Morgan fingerprint density at radius 2 is 2.04 bits per heavy atom. The average Bonchev–Trinajstić information content (AvgIpc) is 3.07. The number of halogens is 2. The minimum atomic E-state index is -2.63. The summed E-state index contributed by atoms with van der Waals surface area (Å²) in [5, 5.41) is 0.884. The first-order chi connectivity index (χ1) is 12.9. The molecule has 1 aliphatic rings. The van der Waals surface area contributed by atoms with Gasteiger partial charge in [0.25, 0.3) is 0 Å². The SMILES string of the molecule is Cn1cncc1-c1ccc2cnc(CC(=O)C3CCC(F)(F)CC3)nc2c1. The van der Waals surface area contributed by atoms with Gasteiger partial charge in [0, 0.05) is 43.0 Å². The van der Waals surface area contributed by atoms with E-state index < -0.39 is 5.92 Å². The van der Waals surface area contributed by atoms with Crippen LogP contribution in [0.25, 0.3) is 22.2 Å². The van der Waals surface area contributed by atoms with E-state index in [0.29, 0.717) is 5.82 Å². The van der Waals surface area contributed by atoms with Gasteiger partial charge in [-0.15, -0.1) is 0 Å². The molecule has 2 heterocycles. The van der Waals surface area contributed by atoms with Crippen LogP contribution >= 0.6 is 0 Å².